The molecule has 0 fully saturated rings. The van der Waals surface area contributed by atoms with Crippen molar-refractivity contribution in [3.05, 3.63) is 205 Å². The van der Waals surface area contributed by atoms with E-state index in [1.54, 1.807) is 6.07 Å². The van der Waals surface area contributed by atoms with E-state index >= 15 is 0 Å². The number of nitriles is 1. The number of hydrogen-bond acceptors (Lipinski definition) is 8. The second kappa shape index (κ2) is 21.1. The van der Waals surface area contributed by atoms with Gasteiger partial charge < -0.3 is 28.8 Å². The van der Waals surface area contributed by atoms with Crippen LogP contribution in [-0.2, 0) is 20.1 Å². The summed E-state index contributed by atoms with van der Waals surface area (Å²) in [7, 11) is -1.94. The van der Waals surface area contributed by atoms with Gasteiger partial charge >= 0.3 is 0 Å². The van der Waals surface area contributed by atoms with Gasteiger partial charge in [-0.1, -0.05) is 133 Å². The van der Waals surface area contributed by atoms with E-state index in [4.69, 9.17) is 29.3 Å². The number of nitro groups is 1. The van der Waals surface area contributed by atoms with Gasteiger partial charge in [0.05, 0.1) is 6.07 Å². The van der Waals surface area contributed by atoms with Crippen LogP contribution in [0.5, 0.6) is 23.0 Å². The van der Waals surface area contributed by atoms with Gasteiger partial charge in [-0.2, -0.15) is 0 Å². The standard InChI is InChI=1S/C38H28O4P2.C8H3N2O4.C3H5.Ir/c1-5-13-27(14-6-1)43(28-15-7-2-8-16-28)33-23-21-31-37(41-25-39-31)35(33)36-34(24-22-32-38(36)42-26-40-32)44(29-17-9-3-10-18-29)30-19-11-4-12-20-30;9-4-6-2-1-5(8(11)12)3-7(6)10(13)14;1-3-2;/h1-24H,25-26H2;2-3H,(H,11,12);3H,1-2H2;/q;2*-1;. The summed E-state index contributed by atoms with van der Waals surface area (Å²) >= 11 is 0. The Morgan fingerprint density at radius 3 is 1.40 bits per heavy atom. The molecule has 10 nitrogen and oxygen atoms in total. The number of ether oxygens (including phenoxy) is 4. The zero-order valence-electron chi connectivity index (χ0n) is 32.8. The number of benzene rings is 7. The van der Waals surface area contributed by atoms with Crippen LogP contribution < -0.4 is 50.8 Å². The molecule has 2 heterocycles. The summed E-state index contributed by atoms with van der Waals surface area (Å²) in [6, 6.07) is 57.2. The fourth-order valence-corrected chi connectivity index (χ4v) is 11.7. The van der Waals surface area contributed by atoms with Crippen molar-refractivity contribution >= 4 is 59.3 Å². The maximum absolute atomic E-state index is 10.4. The van der Waals surface area contributed by atoms with Crippen LogP contribution in [-0.4, -0.2) is 29.6 Å². The van der Waals surface area contributed by atoms with Crippen LogP contribution in [0.25, 0.3) is 11.1 Å². The molecule has 0 saturated carbocycles. The van der Waals surface area contributed by atoms with Gasteiger partial charge in [-0.15, -0.1) is 12.1 Å². The number of fused-ring (bicyclic) bond motifs is 2. The van der Waals surface area contributed by atoms with E-state index in [0.717, 1.165) is 46.3 Å². The van der Waals surface area contributed by atoms with Crippen LogP contribution in [0.3, 0.4) is 0 Å². The Bertz CT molecular complexity index is 2500. The largest absolute Gasteiger partial charge is 0.521 e. The Hall–Kier alpha value is -6.78. The maximum atomic E-state index is 10.4. The van der Waals surface area contributed by atoms with Crippen molar-refractivity contribution in [3.8, 4) is 40.2 Å². The maximum Gasteiger partial charge on any atom is 0.247 e. The molecule has 13 heteroatoms. The van der Waals surface area contributed by atoms with E-state index in [0.29, 0.717) is 0 Å². The predicted octanol–water partition coefficient (Wildman–Crippen LogP) is 8.30. The fraction of sp³-hybridized carbons (Fsp3) is 0.0408. The number of aromatic carboxylic acids is 1. The number of carboxylic acids is 1. The zero-order valence-corrected chi connectivity index (χ0v) is 37.0. The van der Waals surface area contributed by atoms with Gasteiger partial charge in [0.15, 0.2) is 23.0 Å². The minimum atomic E-state index is -1.32. The van der Waals surface area contributed by atoms with Gasteiger partial charge in [0.25, 0.3) is 0 Å². The van der Waals surface area contributed by atoms with E-state index in [9.17, 15) is 14.9 Å². The monoisotopic (exact) mass is 1040 g/mol. The number of rotatable bonds is 9. The molecule has 2 aliphatic heterocycles. The SMILES string of the molecule is C=C[CH2-].N#Cc1c[c-]c(C(=O)O)cc1[N+](=O)[O-].[Ir].c1ccc(P(c2ccccc2)c2ccc3c(c2-c2c(P(c4ccccc4)c4ccccc4)ccc4c2OCO4)OCO3)cc1. The van der Waals surface area contributed by atoms with Crippen molar-refractivity contribution in [1.29, 1.82) is 5.26 Å². The summed E-state index contributed by atoms with van der Waals surface area (Å²) in [5.74, 6) is 1.67. The Morgan fingerprint density at radius 1 is 0.710 bits per heavy atom. The third kappa shape index (κ3) is 9.72. The van der Waals surface area contributed by atoms with Crippen LogP contribution in [0.1, 0.15) is 15.9 Å². The number of carboxylic acid groups (broad SMARTS) is 1. The van der Waals surface area contributed by atoms with Gasteiger partial charge in [-0.05, 0) is 71.9 Å². The Labute approximate surface area is 375 Å². The number of allylic oxidation sites excluding steroid dienone is 1. The molecule has 0 aromatic heterocycles. The second-order valence-electron chi connectivity index (χ2n) is 13.0. The van der Waals surface area contributed by atoms with Crippen LogP contribution in [0.2, 0.25) is 0 Å². The first-order valence-corrected chi connectivity index (χ1v) is 21.4. The molecule has 9 rings (SSSR count). The summed E-state index contributed by atoms with van der Waals surface area (Å²) in [4.78, 5) is 20.0. The van der Waals surface area contributed by atoms with Crippen molar-refractivity contribution in [1.82, 2.24) is 0 Å². The third-order valence-corrected chi connectivity index (χ3v) is 14.3. The number of nitro benzene ring substituents is 1. The van der Waals surface area contributed by atoms with Gasteiger partial charge in [-0.3, -0.25) is 10.1 Å². The first-order valence-electron chi connectivity index (χ1n) is 18.7. The Kier molecular flexibility index (Phi) is 15.3. The third-order valence-electron chi connectivity index (χ3n) is 9.30. The summed E-state index contributed by atoms with van der Waals surface area (Å²) in [5.41, 5.74) is 0.949. The van der Waals surface area contributed by atoms with Crippen LogP contribution >= 0.6 is 15.8 Å². The molecule has 0 spiro atoms. The van der Waals surface area contributed by atoms with E-state index in [1.807, 2.05) is 0 Å². The normalized spacial score (nSPS) is 11.5. The van der Waals surface area contributed by atoms with Gasteiger partial charge in [0, 0.05) is 41.7 Å². The number of hydrogen-bond donors (Lipinski definition) is 1. The second-order valence-corrected chi connectivity index (χ2v) is 17.4. The molecule has 311 valence electrons. The summed E-state index contributed by atoms with van der Waals surface area (Å²) in [6.45, 7) is 6.85. The van der Waals surface area contributed by atoms with Crippen LogP contribution in [0.15, 0.2) is 170 Å². The molecule has 0 aliphatic carbocycles. The van der Waals surface area contributed by atoms with Crippen molar-refractivity contribution in [3.63, 3.8) is 0 Å². The average molecular weight is 1030 g/mol. The fourth-order valence-electron chi connectivity index (χ4n) is 6.79. The first kappa shape index (κ1) is 44.8. The van der Waals surface area contributed by atoms with Crippen molar-refractivity contribution in [2.75, 3.05) is 13.6 Å². The van der Waals surface area contributed by atoms with Crippen molar-refractivity contribution < 1.29 is 53.9 Å². The molecule has 1 N–H and O–H groups in total. The minimum absolute atomic E-state index is 0. The predicted molar refractivity (Wildman–Crippen MR) is 241 cm³/mol. The number of carbonyl (C=O) groups is 1. The van der Waals surface area contributed by atoms with Crippen LogP contribution in [0, 0.1) is 34.4 Å². The van der Waals surface area contributed by atoms with E-state index < -0.39 is 32.4 Å². The molecular formula is C49H36IrN2O8P2-2. The number of nitrogens with zero attached hydrogens (tertiary/aromatic N) is 2. The Morgan fingerprint density at radius 2 is 1.08 bits per heavy atom. The topological polar surface area (TPSA) is 141 Å². The summed E-state index contributed by atoms with van der Waals surface area (Å²) < 4.78 is 24.7. The molecule has 0 bridgehead atoms. The molecule has 2 aliphatic rings. The molecule has 62 heavy (non-hydrogen) atoms. The molecule has 7 aromatic carbocycles. The Balaban J connectivity index is 0.000000302. The smallest absolute Gasteiger partial charge is 0.247 e. The van der Waals surface area contributed by atoms with Crippen LogP contribution in [0.4, 0.5) is 5.69 Å². The molecule has 0 unspecified atom stereocenters. The molecular weight excluding hydrogens is 999 g/mol. The van der Waals surface area contributed by atoms with Crippen molar-refractivity contribution in [2.24, 2.45) is 0 Å². The first-order chi connectivity index (χ1) is 29.8. The van der Waals surface area contributed by atoms with Gasteiger partial charge in [0.2, 0.25) is 25.2 Å². The quantitative estimate of drug-likeness (QED) is 0.0655. The van der Waals surface area contributed by atoms with E-state index in [2.05, 4.69) is 165 Å². The molecule has 0 amide bonds. The minimum Gasteiger partial charge on any atom is -0.521 e. The summed E-state index contributed by atoms with van der Waals surface area (Å²) in [6.07, 6.45) is 1.50. The van der Waals surface area contributed by atoms with Gasteiger partial charge in [-0.25, -0.2) is 24.8 Å². The summed E-state index contributed by atoms with van der Waals surface area (Å²) in [5, 5.41) is 34.8. The molecule has 7 aromatic rings. The van der Waals surface area contributed by atoms with Crippen molar-refractivity contribution in [2.45, 2.75) is 0 Å². The van der Waals surface area contributed by atoms with Gasteiger partial charge in [0.1, 0.15) is 0 Å². The average Bonchev–Trinajstić information content (AvgIpc) is 3.99. The van der Waals surface area contributed by atoms with E-state index in [1.165, 1.54) is 37.9 Å². The molecule has 0 atom stereocenters. The molecule has 1 radical (unpaired) electrons. The zero-order chi connectivity index (χ0) is 42.7. The van der Waals surface area contributed by atoms with E-state index in [-0.39, 0.29) is 44.8 Å². The molecule has 0 saturated heterocycles.